The lowest BCUT2D eigenvalue weighted by Crippen LogP contribution is -2.33. The standard InChI is InChI=1S/C12H21BrN2O3S/c1-5-9-12(13)10(15(6-2)14-9)7-11(16)8(3)19(4,17)18/h8,11,16H,5-7H2,1-4H3. The highest BCUT2D eigenvalue weighted by Gasteiger charge is 2.27. The third-order valence-corrected chi connectivity index (χ3v) is 5.89. The van der Waals surface area contributed by atoms with Crippen LogP contribution in [0.5, 0.6) is 0 Å². The van der Waals surface area contributed by atoms with E-state index in [-0.39, 0.29) is 6.42 Å². The van der Waals surface area contributed by atoms with E-state index in [4.69, 9.17) is 0 Å². The van der Waals surface area contributed by atoms with Crippen LogP contribution in [0, 0.1) is 0 Å². The van der Waals surface area contributed by atoms with Gasteiger partial charge in [0.05, 0.1) is 27.2 Å². The maximum Gasteiger partial charge on any atom is 0.152 e. The normalized spacial score (nSPS) is 15.5. The van der Waals surface area contributed by atoms with Gasteiger partial charge in [0, 0.05) is 19.2 Å². The Balaban J connectivity index is 3.02. The molecule has 5 nitrogen and oxygen atoms in total. The molecule has 110 valence electrons. The molecule has 0 radical (unpaired) electrons. The van der Waals surface area contributed by atoms with Crippen molar-refractivity contribution in [1.29, 1.82) is 0 Å². The van der Waals surface area contributed by atoms with Crippen molar-refractivity contribution in [3.05, 3.63) is 15.9 Å². The van der Waals surface area contributed by atoms with Gasteiger partial charge in [-0.25, -0.2) is 8.42 Å². The Hall–Kier alpha value is -0.400. The first-order chi connectivity index (χ1) is 8.72. The van der Waals surface area contributed by atoms with Crippen LogP contribution in [0.4, 0.5) is 0 Å². The van der Waals surface area contributed by atoms with Crippen LogP contribution in [0.3, 0.4) is 0 Å². The van der Waals surface area contributed by atoms with E-state index in [1.165, 1.54) is 6.92 Å². The van der Waals surface area contributed by atoms with E-state index in [0.29, 0.717) is 6.54 Å². The van der Waals surface area contributed by atoms with E-state index < -0.39 is 21.2 Å². The number of aromatic nitrogens is 2. The van der Waals surface area contributed by atoms with Gasteiger partial charge < -0.3 is 5.11 Å². The molecule has 0 bridgehead atoms. The molecule has 2 atom stereocenters. The molecule has 1 heterocycles. The van der Waals surface area contributed by atoms with Crippen molar-refractivity contribution in [1.82, 2.24) is 9.78 Å². The first-order valence-corrected chi connectivity index (χ1v) is 9.08. The van der Waals surface area contributed by atoms with Crippen molar-refractivity contribution < 1.29 is 13.5 Å². The zero-order valence-corrected chi connectivity index (χ0v) is 14.1. The molecule has 7 heteroatoms. The van der Waals surface area contributed by atoms with Gasteiger partial charge in [-0.2, -0.15) is 5.10 Å². The Kier molecular flexibility index (Phi) is 5.58. The van der Waals surface area contributed by atoms with Gasteiger partial charge in [0.15, 0.2) is 9.84 Å². The SMILES string of the molecule is CCc1nn(CC)c(CC(O)C(C)S(C)(=O)=O)c1Br. The van der Waals surface area contributed by atoms with Crippen LogP contribution < -0.4 is 0 Å². The second-order valence-corrected chi connectivity index (χ2v) is 7.88. The van der Waals surface area contributed by atoms with E-state index in [1.54, 1.807) is 4.68 Å². The number of hydrogen-bond acceptors (Lipinski definition) is 4. The summed E-state index contributed by atoms with van der Waals surface area (Å²) in [6.45, 7) is 6.19. The minimum absolute atomic E-state index is 0.273. The number of rotatable bonds is 6. The van der Waals surface area contributed by atoms with Crippen molar-refractivity contribution in [3.63, 3.8) is 0 Å². The summed E-state index contributed by atoms with van der Waals surface area (Å²) in [5.74, 6) is 0. The monoisotopic (exact) mass is 352 g/mol. The van der Waals surface area contributed by atoms with Crippen LogP contribution in [-0.4, -0.2) is 40.9 Å². The molecule has 1 aromatic rings. The van der Waals surface area contributed by atoms with Crippen LogP contribution >= 0.6 is 15.9 Å². The van der Waals surface area contributed by atoms with Crippen LogP contribution in [0.2, 0.25) is 0 Å². The molecule has 0 aromatic carbocycles. The van der Waals surface area contributed by atoms with Crippen molar-refractivity contribution in [3.8, 4) is 0 Å². The maximum absolute atomic E-state index is 11.5. The number of nitrogens with zero attached hydrogens (tertiary/aromatic N) is 2. The average Bonchev–Trinajstić information content (AvgIpc) is 2.64. The minimum Gasteiger partial charge on any atom is -0.391 e. The molecule has 1 aromatic heterocycles. The number of sulfone groups is 1. The molecule has 0 saturated carbocycles. The second kappa shape index (κ2) is 6.37. The molecule has 0 aliphatic heterocycles. The van der Waals surface area contributed by atoms with E-state index in [0.717, 1.165) is 28.5 Å². The van der Waals surface area contributed by atoms with Crippen LogP contribution in [0.15, 0.2) is 4.47 Å². The lowest BCUT2D eigenvalue weighted by Gasteiger charge is -2.17. The van der Waals surface area contributed by atoms with E-state index in [2.05, 4.69) is 21.0 Å². The first-order valence-electron chi connectivity index (χ1n) is 6.33. The lowest BCUT2D eigenvalue weighted by molar-refractivity contribution is 0.170. The summed E-state index contributed by atoms with van der Waals surface area (Å²) in [5.41, 5.74) is 1.78. The highest BCUT2D eigenvalue weighted by atomic mass is 79.9. The number of aliphatic hydroxyl groups excluding tert-OH is 1. The summed E-state index contributed by atoms with van der Waals surface area (Å²) >= 11 is 3.49. The molecular weight excluding hydrogens is 332 g/mol. The van der Waals surface area contributed by atoms with Crippen molar-refractivity contribution in [2.24, 2.45) is 0 Å². The highest BCUT2D eigenvalue weighted by molar-refractivity contribution is 9.10. The average molecular weight is 353 g/mol. The second-order valence-electron chi connectivity index (χ2n) is 4.68. The summed E-state index contributed by atoms with van der Waals surface area (Å²) < 4.78 is 25.6. The molecular formula is C12H21BrN2O3S. The summed E-state index contributed by atoms with van der Waals surface area (Å²) in [7, 11) is -3.25. The molecule has 2 unspecified atom stereocenters. The van der Waals surface area contributed by atoms with E-state index >= 15 is 0 Å². The van der Waals surface area contributed by atoms with Gasteiger partial charge in [0.1, 0.15) is 0 Å². The number of aryl methyl sites for hydroxylation is 2. The molecule has 0 spiro atoms. The summed E-state index contributed by atoms with van der Waals surface area (Å²) in [6.07, 6.45) is 1.27. The molecule has 0 amide bonds. The summed E-state index contributed by atoms with van der Waals surface area (Å²) in [6, 6.07) is 0. The molecule has 19 heavy (non-hydrogen) atoms. The minimum atomic E-state index is -3.25. The Labute approximate surface area is 123 Å². The highest BCUT2D eigenvalue weighted by Crippen LogP contribution is 2.24. The van der Waals surface area contributed by atoms with Gasteiger partial charge in [0.2, 0.25) is 0 Å². The van der Waals surface area contributed by atoms with Crippen LogP contribution in [0.25, 0.3) is 0 Å². The molecule has 0 aliphatic rings. The van der Waals surface area contributed by atoms with E-state index in [1.807, 2.05) is 13.8 Å². The third-order valence-electron chi connectivity index (χ3n) is 3.31. The zero-order valence-electron chi connectivity index (χ0n) is 11.7. The topological polar surface area (TPSA) is 72.2 Å². The third kappa shape index (κ3) is 3.79. The van der Waals surface area contributed by atoms with Gasteiger partial charge in [-0.15, -0.1) is 0 Å². The smallest absolute Gasteiger partial charge is 0.152 e. The van der Waals surface area contributed by atoms with Crippen LogP contribution in [-0.2, 0) is 29.2 Å². The zero-order chi connectivity index (χ0) is 14.8. The fourth-order valence-electron chi connectivity index (χ4n) is 1.86. The predicted molar refractivity (Wildman–Crippen MR) is 79.0 cm³/mol. The Morgan fingerprint density at radius 2 is 2.00 bits per heavy atom. The van der Waals surface area contributed by atoms with Crippen molar-refractivity contribution in [2.45, 2.75) is 51.5 Å². The predicted octanol–water partition coefficient (Wildman–Crippen LogP) is 1.56. The fourth-order valence-corrected chi connectivity index (χ4v) is 3.25. The van der Waals surface area contributed by atoms with E-state index in [9.17, 15) is 13.5 Å². The summed E-state index contributed by atoms with van der Waals surface area (Å²) in [5, 5.41) is 13.7. The molecule has 1 rings (SSSR count). The van der Waals surface area contributed by atoms with Crippen molar-refractivity contribution >= 4 is 25.8 Å². The largest absolute Gasteiger partial charge is 0.391 e. The van der Waals surface area contributed by atoms with Crippen molar-refractivity contribution in [2.75, 3.05) is 6.26 Å². The fraction of sp³-hybridized carbons (Fsp3) is 0.750. The van der Waals surface area contributed by atoms with Gasteiger partial charge in [0.25, 0.3) is 0 Å². The van der Waals surface area contributed by atoms with Gasteiger partial charge >= 0.3 is 0 Å². The number of hydrogen-bond donors (Lipinski definition) is 1. The molecule has 0 aliphatic carbocycles. The Morgan fingerprint density at radius 1 is 1.42 bits per heavy atom. The van der Waals surface area contributed by atoms with Crippen LogP contribution in [0.1, 0.15) is 32.2 Å². The summed E-state index contributed by atoms with van der Waals surface area (Å²) in [4.78, 5) is 0. The molecule has 0 saturated heterocycles. The maximum atomic E-state index is 11.5. The van der Waals surface area contributed by atoms with Gasteiger partial charge in [-0.1, -0.05) is 6.92 Å². The number of halogens is 1. The van der Waals surface area contributed by atoms with Gasteiger partial charge in [-0.05, 0) is 36.2 Å². The lowest BCUT2D eigenvalue weighted by atomic mass is 10.1. The Bertz CT molecular complexity index is 539. The molecule has 1 N–H and O–H groups in total. The molecule has 0 fully saturated rings. The Morgan fingerprint density at radius 3 is 2.42 bits per heavy atom. The number of aliphatic hydroxyl groups is 1. The quantitative estimate of drug-likeness (QED) is 0.843. The first kappa shape index (κ1) is 16.7. The van der Waals surface area contributed by atoms with Gasteiger partial charge in [-0.3, -0.25) is 4.68 Å².